The zero-order chi connectivity index (χ0) is 35.3. The standard InChI is InChI=1S/C31H40FN7O10/c1-2-47-31(46)49-37-17-15-36(16-18-37)30(45)22(10-11-27(41)42)34-28(43)23-19-26(39(35-23)21-7-4-3-5-8-21)48-20-25(40)38-14-6-9-24(38)29(44)33-13-12-32/h3-5,7-8,19,22,24H,2,6,9-18,20H2,1H3,(H,33,44)(H,34,43)(H,41,42)/t22-,24-/m0/s1. The van der Waals surface area contributed by atoms with Gasteiger partial charge in [0.2, 0.25) is 17.7 Å². The summed E-state index contributed by atoms with van der Waals surface area (Å²) in [4.78, 5) is 83.4. The van der Waals surface area contributed by atoms with Crippen molar-refractivity contribution in [2.75, 3.05) is 59.2 Å². The molecule has 17 nitrogen and oxygen atoms in total. The molecule has 2 saturated heterocycles. The molecule has 1 aromatic heterocycles. The Morgan fingerprint density at radius 1 is 1.06 bits per heavy atom. The predicted octanol–water partition coefficient (Wildman–Crippen LogP) is 0.523. The SMILES string of the molecule is CCOC(=O)ON1CCN(C(=O)[C@H](CCC(=O)O)NC(=O)c2cc(OCC(=O)N3CCC[C@H]3C(=O)NCCF)n(-c3ccccc3)n2)CC1. The lowest BCUT2D eigenvalue weighted by Gasteiger charge is -2.35. The fraction of sp³-hybridized carbons (Fsp3) is 0.516. The number of hydrogen-bond acceptors (Lipinski definition) is 11. The van der Waals surface area contributed by atoms with Crippen LogP contribution in [0.3, 0.4) is 0 Å². The summed E-state index contributed by atoms with van der Waals surface area (Å²) in [6, 6.07) is 7.94. The van der Waals surface area contributed by atoms with E-state index in [4.69, 9.17) is 14.3 Å². The molecule has 0 unspecified atom stereocenters. The van der Waals surface area contributed by atoms with Gasteiger partial charge in [-0.15, -0.1) is 5.06 Å². The average molecular weight is 690 g/mol. The molecule has 0 aliphatic carbocycles. The number of piperazine rings is 1. The van der Waals surface area contributed by atoms with Gasteiger partial charge in [0, 0.05) is 38.7 Å². The number of nitrogens with zero attached hydrogens (tertiary/aromatic N) is 5. The third kappa shape index (κ3) is 10.1. The molecule has 2 atom stereocenters. The van der Waals surface area contributed by atoms with E-state index in [0.717, 1.165) is 0 Å². The van der Waals surface area contributed by atoms with E-state index in [1.165, 1.54) is 25.6 Å². The molecule has 0 bridgehead atoms. The highest BCUT2D eigenvalue weighted by molar-refractivity contribution is 5.96. The number of amides is 4. The molecule has 2 aromatic rings. The maximum absolute atomic E-state index is 13.5. The average Bonchev–Trinajstić information content (AvgIpc) is 3.77. The van der Waals surface area contributed by atoms with Crippen LogP contribution < -0.4 is 15.4 Å². The molecule has 49 heavy (non-hydrogen) atoms. The van der Waals surface area contributed by atoms with E-state index in [1.807, 2.05) is 0 Å². The number of hydroxylamine groups is 2. The van der Waals surface area contributed by atoms with Gasteiger partial charge in [-0.25, -0.2) is 13.9 Å². The molecule has 2 aliphatic heterocycles. The number of carboxylic acid groups (broad SMARTS) is 1. The minimum absolute atomic E-state index is 0.0217. The monoisotopic (exact) mass is 689 g/mol. The van der Waals surface area contributed by atoms with Crippen molar-refractivity contribution in [1.82, 2.24) is 35.3 Å². The first-order valence-corrected chi connectivity index (χ1v) is 15.9. The summed E-state index contributed by atoms with van der Waals surface area (Å²) < 4.78 is 24.4. The second kappa shape index (κ2) is 17.8. The number of benzene rings is 1. The third-order valence-corrected chi connectivity index (χ3v) is 7.79. The van der Waals surface area contributed by atoms with Gasteiger partial charge in [-0.1, -0.05) is 18.2 Å². The van der Waals surface area contributed by atoms with Crippen LogP contribution in [0.15, 0.2) is 36.4 Å². The van der Waals surface area contributed by atoms with E-state index in [1.54, 1.807) is 37.3 Å². The maximum atomic E-state index is 13.5. The molecule has 4 rings (SSSR count). The van der Waals surface area contributed by atoms with Crippen molar-refractivity contribution in [3.63, 3.8) is 0 Å². The van der Waals surface area contributed by atoms with Crippen molar-refractivity contribution in [1.29, 1.82) is 0 Å². The normalized spacial score (nSPS) is 16.8. The highest BCUT2D eigenvalue weighted by atomic mass is 19.1. The third-order valence-electron chi connectivity index (χ3n) is 7.79. The molecular weight excluding hydrogens is 649 g/mol. The van der Waals surface area contributed by atoms with Crippen molar-refractivity contribution >= 4 is 35.8 Å². The van der Waals surface area contributed by atoms with Crippen LogP contribution in [0.2, 0.25) is 0 Å². The number of alkyl halides is 1. The second-order valence-corrected chi connectivity index (χ2v) is 11.1. The van der Waals surface area contributed by atoms with Gasteiger partial charge >= 0.3 is 12.1 Å². The summed E-state index contributed by atoms with van der Waals surface area (Å²) in [6.45, 7) is 1.35. The Balaban J connectivity index is 1.46. The van der Waals surface area contributed by atoms with Gasteiger partial charge in [-0.3, -0.25) is 24.0 Å². The minimum Gasteiger partial charge on any atom is -0.481 e. The summed E-state index contributed by atoms with van der Waals surface area (Å²) in [5.74, 6) is -3.39. The Bertz CT molecular complexity index is 1480. The van der Waals surface area contributed by atoms with E-state index in [-0.39, 0.29) is 57.3 Å². The van der Waals surface area contributed by atoms with Crippen LogP contribution in [-0.4, -0.2) is 137 Å². The summed E-state index contributed by atoms with van der Waals surface area (Å²) in [5, 5.41) is 20.0. The Hall–Kier alpha value is -5.26. The molecule has 0 radical (unpaired) electrons. The van der Waals surface area contributed by atoms with E-state index >= 15 is 0 Å². The van der Waals surface area contributed by atoms with Crippen LogP contribution in [0.1, 0.15) is 43.1 Å². The number of likely N-dealkylation sites (tertiary alicyclic amines) is 1. The van der Waals surface area contributed by atoms with Gasteiger partial charge in [-0.05, 0) is 38.3 Å². The smallest absolute Gasteiger partial charge is 0.481 e. The first-order chi connectivity index (χ1) is 23.6. The number of carbonyl (C=O) groups excluding carboxylic acids is 5. The van der Waals surface area contributed by atoms with E-state index < -0.39 is 67.5 Å². The van der Waals surface area contributed by atoms with Crippen LogP contribution in [0, 0.1) is 0 Å². The molecule has 3 heterocycles. The van der Waals surface area contributed by atoms with Gasteiger partial charge in [0.25, 0.3) is 11.8 Å². The predicted molar refractivity (Wildman–Crippen MR) is 167 cm³/mol. The summed E-state index contributed by atoms with van der Waals surface area (Å²) in [6.07, 6.45) is -0.457. The van der Waals surface area contributed by atoms with Crippen LogP contribution in [0.5, 0.6) is 5.88 Å². The molecule has 1 aromatic carbocycles. The molecular formula is C31H40FN7O10. The lowest BCUT2D eigenvalue weighted by Crippen LogP contribution is -2.55. The Morgan fingerprint density at radius 2 is 1.80 bits per heavy atom. The number of nitrogens with one attached hydrogen (secondary N) is 2. The number of hydrogen-bond donors (Lipinski definition) is 3. The molecule has 4 amide bonds. The van der Waals surface area contributed by atoms with E-state index in [2.05, 4.69) is 15.7 Å². The fourth-order valence-corrected chi connectivity index (χ4v) is 5.40. The lowest BCUT2D eigenvalue weighted by molar-refractivity contribution is -0.157. The van der Waals surface area contributed by atoms with Crippen LogP contribution in [0.25, 0.3) is 5.69 Å². The Labute approximate surface area is 281 Å². The molecule has 266 valence electrons. The topological polar surface area (TPSA) is 202 Å². The van der Waals surface area contributed by atoms with Gasteiger partial charge < -0.3 is 39.9 Å². The van der Waals surface area contributed by atoms with Gasteiger partial charge in [0.15, 0.2) is 12.3 Å². The first-order valence-electron chi connectivity index (χ1n) is 15.9. The zero-order valence-electron chi connectivity index (χ0n) is 27.0. The van der Waals surface area contributed by atoms with Crippen molar-refractivity contribution < 1.29 is 52.6 Å². The highest BCUT2D eigenvalue weighted by Gasteiger charge is 2.35. The van der Waals surface area contributed by atoms with Crippen LogP contribution >= 0.6 is 0 Å². The van der Waals surface area contributed by atoms with Gasteiger partial charge in [0.1, 0.15) is 18.8 Å². The van der Waals surface area contributed by atoms with E-state index in [0.29, 0.717) is 25.1 Å². The van der Waals surface area contributed by atoms with Crippen molar-refractivity contribution in [2.24, 2.45) is 0 Å². The summed E-state index contributed by atoms with van der Waals surface area (Å²) in [5.41, 5.74) is 0.326. The highest BCUT2D eigenvalue weighted by Crippen LogP contribution is 2.22. The number of aliphatic carboxylic acids is 1. The molecule has 2 aliphatic rings. The fourth-order valence-electron chi connectivity index (χ4n) is 5.40. The minimum atomic E-state index is -1.22. The number of aromatic nitrogens is 2. The number of carbonyl (C=O) groups is 6. The van der Waals surface area contributed by atoms with Gasteiger partial charge in [-0.2, -0.15) is 5.10 Å². The maximum Gasteiger partial charge on any atom is 0.527 e. The summed E-state index contributed by atoms with van der Waals surface area (Å²) in [7, 11) is 0. The molecule has 3 N–H and O–H groups in total. The molecule has 2 fully saturated rings. The first kappa shape index (κ1) is 36.6. The number of para-hydroxylation sites is 1. The molecule has 18 heteroatoms. The van der Waals surface area contributed by atoms with Crippen molar-refractivity contribution in [3.05, 3.63) is 42.1 Å². The number of ether oxygens (including phenoxy) is 2. The second-order valence-electron chi connectivity index (χ2n) is 11.1. The number of rotatable bonds is 15. The quantitative estimate of drug-likeness (QED) is 0.219. The number of carboxylic acids is 1. The summed E-state index contributed by atoms with van der Waals surface area (Å²) >= 11 is 0. The van der Waals surface area contributed by atoms with Crippen molar-refractivity contribution in [2.45, 2.75) is 44.7 Å². The number of halogens is 1. The largest absolute Gasteiger partial charge is 0.527 e. The van der Waals surface area contributed by atoms with Gasteiger partial charge in [0.05, 0.1) is 25.4 Å². The van der Waals surface area contributed by atoms with Crippen molar-refractivity contribution in [3.8, 4) is 11.6 Å². The zero-order valence-corrected chi connectivity index (χ0v) is 27.0. The Morgan fingerprint density at radius 3 is 2.47 bits per heavy atom. The Kier molecular flexibility index (Phi) is 13.3. The molecule has 0 saturated carbocycles. The van der Waals surface area contributed by atoms with Crippen LogP contribution in [-0.2, 0) is 28.8 Å². The molecule has 0 spiro atoms. The van der Waals surface area contributed by atoms with E-state index in [9.17, 15) is 38.3 Å². The lowest BCUT2D eigenvalue weighted by atomic mass is 10.1. The van der Waals surface area contributed by atoms with Crippen LogP contribution in [0.4, 0.5) is 9.18 Å².